The molecule has 5 nitrogen and oxygen atoms in total. The van der Waals surface area contributed by atoms with Crippen LogP contribution >= 0.6 is 57.4 Å². The van der Waals surface area contributed by atoms with Crippen LogP contribution < -0.4 is 15.0 Å². The number of nitrogens with one attached hydrogen (secondary N) is 1. The second kappa shape index (κ2) is 9.70. The number of carbonyl (C=O) groups excluding carboxylic acids is 2. The second-order valence-corrected chi connectivity index (χ2v) is 9.26. The normalized spacial score (nSPS) is 14.8. The van der Waals surface area contributed by atoms with Crippen LogP contribution in [0.3, 0.4) is 0 Å². The number of hydrogen-bond donors (Lipinski definition) is 1. The smallest absolute Gasteiger partial charge is 0.333 e. The molecule has 3 aromatic carbocycles. The SMILES string of the molecule is O=C1N/C(=C/c2ccc(OCc3ccc(Cl)cc3Cl)c(I)c2)C(=O)N1c1ccc(Cl)cc1. The minimum Gasteiger partial charge on any atom is -0.488 e. The number of rotatable bonds is 5. The molecule has 0 bridgehead atoms. The van der Waals surface area contributed by atoms with Crippen molar-refractivity contribution in [3.05, 3.63) is 96.1 Å². The largest absolute Gasteiger partial charge is 0.488 e. The van der Waals surface area contributed by atoms with Gasteiger partial charge in [0.2, 0.25) is 0 Å². The number of carbonyl (C=O) groups is 2. The molecule has 1 fully saturated rings. The molecule has 1 heterocycles. The fraction of sp³-hybridized carbons (Fsp3) is 0.0435. The molecule has 1 aliphatic heterocycles. The van der Waals surface area contributed by atoms with E-state index in [4.69, 9.17) is 39.5 Å². The molecule has 0 radical (unpaired) electrons. The summed E-state index contributed by atoms with van der Waals surface area (Å²) < 4.78 is 6.72. The third kappa shape index (κ3) is 5.04. The number of anilines is 1. The zero-order chi connectivity index (χ0) is 22.8. The molecule has 162 valence electrons. The van der Waals surface area contributed by atoms with Gasteiger partial charge in [-0.3, -0.25) is 4.79 Å². The van der Waals surface area contributed by atoms with Crippen molar-refractivity contribution in [2.75, 3.05) is 4.90 Å². The van der Waals surface area contributed by atoms with Crippen molar-refractivity contribution in [2.45, 2.75) is 6.61 Å². The first kappa shape index (κ1) is 22.9. The predicted molar refractivity (Wildman–Crippen MR) is 135 cm³/mol. The van der Waals surface area contributed by atoms with Crippen LogP contribution in [0.1, 0.15) is 11.1 Å². The van der Waals surface area contributed by atoms with Gasteiger partial charge in [0.05, 0.1) is 9.26 Å². The van der Waals surface area contributed by atoms with Crippen molar-refractivity contribution in [1.29, 1.82) is 0 Å². The third-order valence-corrected chi connectivity index (χ3v) is 6.31. The Morgan fingerprint density at radius 3 is 2.34 bits per heavy atom. The number of hydrogen-bond acceptors (Lipinski definition) is 3. The first-order chi connectivity index (χ1) is 15.3. The summed E-state index contributed by atoms with van der Waals surface area (Å²) >= 11 is 20.2. The number of amides is 3. The van der Waals surface area contributed by atoms with Crippen molar-refractivity contribution in [3.8, 4) is 5.75 Å². The van der Waals surface area contributed by atoms with E-state index in [1.807, 2.05) is 12.1 Å². The molecule has 0 saturated carbocycles. The van der Waals surface area contributed by atoms with Gasteiger partial charge >= 0.3 is 6.03 Å². The standard InChI is InChI=1S/C23H14Cl3IN2O3/c24-15-4-6-17(7-5-15)29-22(30)20(28-23(29)31)10-13-1-8-21(19(27)9-13)32-12-14-2-3-16(25)11-18(14)26/h1-11H,12H2,(H,28,31)/b20-10+. The van der Waals surface area contributed by atoms with Crippen molar-refractivity contribution in [1.82, 2.24) is 5.32 Å². The Balaban J connectivity index is 1.49. The number of urea groups is 1. The molecule has 9 heteroatoms. The van der Waals surface area contributed by atoms with Gasteiger partial charge in [-0.2, -0.15) is 0 Å². The van der Waals surface area contributed by atoms with Gasteiger partial charge in [-0.1, -0.05) is 46.9 Å². The predicted octanol–water partition coefficient (Wildman–Crippen LogP) is 6.93. The maximum Gasteiger partial charge on any atom is 0.333 e. The number of ether oxygens (including phenoxy) is 1. The number of benzene rings is 3. The highest BCUT2D eigenvalue weighted by atomic mass is 127. The van der Waals surface area contributed by atoms with Gasteiger partial charge in [-0.15, -0.1) is 0 Å². The van der Waals surface area contributed by atoms with E-state index >= 15 is 0 Å². The fourth-order valence-electron chi connectivity index (χ4n) is 3.04. The molecule has 1 aliphatic rings. The molecule has 0 unspecified atom stereocenters. The zero-order valence-corrected chi connectivity index (χ0v) is 20.7. The van der Waals surface area contributed by atoms with Gasteiger partial charge in [0.1, 0.15) is 18.1 Å². The third-order valence-electron chi connectivity index (χ3n) is 4.63. The van der Waals surface area contributed by atoms with Gasteiger partial charge in [-0.05, 0) is 82.8 Å². The van der Waals surface area contributed by atoms with Crippen LogP contribution in [0.5, 0.6) is 5.75 Å². The minimum absolute atomic E-state index is 0.183. The van der Waals surface area contributed by atoms with Crippen LogP contribution in [0.4, 0.5) is 10.5 Å². The number of nitrogens with zero attached hydrogens (tertiary/aromatic N) is 1. The van der Waals surface area contributed by atoms with E-state index in [0.29, 0.717) is 26.5 Å². The Morgan fingerprint density at radius 1 is 0.938 bits per heavy atom. The number of halogens is 4. The first-order valence-electron chi connectivity index (χ1n) is 9.31. The van der Waals surface area contributed by atoms with E-state index in [1.165, 1.54) is 0 Å². The summed E-state index contributed by atoms with van der Waals surface area (Å²) in [6.45, 7) is 0.289. The van der Waals surface area contributed by atoms with Gasteiger partial charge in [0, 0.05) is 20.6 Å². The van der Waals surface area contributed by atoms with Gasteiger partial charge in [-0.25, -0.2) is 9.69 Å². The molecule has 3 amide bonds. The first-order valence-corrected chi connectivity index (χ1v) is 11.5. The summed E-state index contributed by atoms with van der Waals surface area (Å²) in [4.78, 5) is 26.2. The van der Waals surface area contributed by atoms with E-state index in [-0.39, 0.29) is 12.3 Å². The molecule has 0 atom stereocenters. The maximum atomic E-state index is 12.8. The van der Waals surface area contributed by atoms with Gasteiger partial charge in [0.25, 0.3) is 5.91 Å². The highest BCUT2D eigenvalue weighted by molar-refractivity contribution is 14.1. The summed E-state index contributed by atoms with van der Waals surface area (Å²) in [5, 5.41) is 4.23. The summed E-state index contributed by atoms with van der Waals surface area (Å²) in [7, 11) is 0. The van der Waals surface area contributed by atoms with Crippen LogP contribution in [0.15, 0.2) is 66.4 Å². The Labute approximate surface area is 213 Å². The van der Waals surface area contributed by atoms with Crippen LogP contribution in [-0.2, 0) is 11.4 Å². The Morgan fingerprint density at radius 2 is 1.66 bits per heavy atom. The van der Waals surface area contributed by atoms with Gasteiger partial charge in [0.15, 0.2) is 0 Å². The Kier molecular flexibility index (Phi) is 6.95. The van der Waals surface area contributed by atoms with Crippen LogP contribution in [-0.4, -0.2) is 11.9 Å². The molecule has 4 rings (SSSR count). The summed E-state index contributed by atoms with van der Waals surface area (Å²) in [6, 6.07) is 16.7. The summed E-state index contributed by atoms with van der Waals surface area (Å²) in [5.74, 6) is 0.230. The van der Waals surface area contributed by atoms with Crippen LogP contribution in [0.2, 0.25) is 15.1 Å². The lowest BCUT2D eigenvalue weighted by Crippen LogP contribution is -2.30. The van der Waals surface area contributed by atoms with E-state index in [1.54, 1.807) is 54.6 Å². The van der Waals surface area contributed by atoms with Gasteiger partial charge < -0.3 is 10.1 Å². The number of imide groups is 1. The van der Waals surface area contributed by atoms with Crippen molar-refractivity contribution < 1.29 is 14.3 Å². The highest BCUT2D eigenvalue weighted by Crippen LogP contribution is 2.28. The maximum absolute atomic E-state index is 12.8. The fourth-order valence-corrected chi connectivity index (χ4v) is 4.33. The van der Waals surface area contributed by atoms with Crippen molar-refractivity contribution in [2.24, 2.45) is 0 Å². The monoisotopic (exact) mass is 598 g/mol. The van der Waals surface area contributed by atoms with E-state index in [9.17, 15) is 9.59 Å². The second-order valence-electron chi connectivity index (χ2n) is 6.82. The van der Waals surface area contributed by atoms with Crippen LogP contribution in [0.25, 0.3) is 6.08 Å². The zero-order valence-electron chi connectivity index (χ0n) is 16.2. The molecule has 1 saturated heterocycles. The molecule has 0 aliphatic carbocycles. The summed E-state index contributed by atoms with van der Waals surface area (Å²) in [5.41, 5.74) is 2.19. The van der Waals surface area contributed by atoms with E-state index in [2.05, 4.69) is 27.9 Å². The lowest BCUT2D eigenvalue weighted by molar-refractivity contribution is -0.113. The Hall–Kier alpha value is -2.26. The van der Waals surface area contributed by atoms with Crippen molar-refractivity contribution >= 4 is 81.1 Å². The quantitative estimate of drug-likeness (QED) is 0.197. The average Bonchev–Trinajstić information content (AvgIpc) is 3.02. The molecule has 0 spiro atoms. The van der Waals surface area contributed by atoms with Crippen molar-refractivity contribution in [3.63, 3.8) is 0 Å². The molecule has 32 heavy (non-hydrogen) atoms. The molecule has 1 N–H and O–H groups in total. The molecule has 3 aromatic rings. The minimum atomic E-state index is -0.516. The van der Waals surface area contributed by atoms with E-state index in [0.717, 1.165) is 19.6 Å². The summed E-state index contributed by atoms with van der Waals surface area (Å²) in [6.07, 6.45) is 1.62. The molecule has 0 aromatic heterocycles. The lowest BCUT2D eigenvalue weighted by atomic mass is 10.1. The van der Waals surface area contributed by atoms with E-state index < -0.39 is 11.9 Å². The highest BCUT2D eigenvalue weighted by Gasteiger charge is 2.34. The topological polar surface area (TPSA) is 58.6 Å². The molecular weight excluding hydrogens is 586 g/mol. The molecular formula is C23H14Cl3IN2O3. The lowest BCUT2D eigenvalue weighted by Gasteiger charge is -2.11. The average molecular weight is 600 g/mol. The van der Waals surface area contributed by atoms with Crippen LogP contribution in [0, 0.1) is 3.57 Å². The Bertz CT molecular complexity index is 1250.